The number of aromatic hydroxyl groups is 1. The lowest BCUT2D eigenvalue weighted by Gasteiger charge is -2.07. The van der Waals surface area contributed by atoms with Crippen molar-refractivity contribution in [2.45, 2.75) is 33.1 Å². The van der Waals surface area contributed by atoms with Gasteiger partial charge in [-0.2, -0.15) is 18.3 Å². The van der Waals surface area contributed by atoms with Gasteiger partial charge in [0.25, 0.3) is 11.8 Å². The maximum atomic E-state index is 12.8. The second-order valence-corrected chi connectivity index (χ2v) is 11.1. The first-order valence-corrected chi connectivity index (χ1v) is 14.2. The van der Waals surface area contributed by atoms with Gasteiger partial charge in [-0.15, -0.1) is 22.7 Å². The van der Waals surface area contributed by atoms with Gasteiger partial charge in [0.2, 0.25) is 5.91 Å². The molecule has 13 heteroatoms. The highest BCUT2D eigenvalue weighted by molar-refractivity contribution is 7.16. The number of nitrogens with one attached hydrogen (secondary N) is 3. The number of hydrogen-bond donors (Lipinski definition) is 4. The van der Waals surface area contributed by atoms with Gasteiger partial charge in [0.1, 0.15) is 5.75 Å². The number of benzene rings is 2. The molecule has 0 saturated carbocycles. The summed E-state index contributed by atoms with van der Waals surface area (Å²) in [5.41, 5.74) is 4.43. The fraction of sp³-hybridized carbons (Fsp3) is 0.172. The summed E-state index contributed by atoms with van der Waals surface area (Å²) in [5.74, 6) is -1.17. The zero-order valence-electron chi connectivity index (χ0n) is 22.3. The van der Waals surface area contributed by atoms with E-state index in [0.29, 0.717) is 27.4 Å². The quantitative estimate of drug-likeness (QED) is 0.138. The average molecular weight is 615 g/mol. The van der Waals surface area contributed by atoms with Gasteiger partial charge in [-0.05, 0) is 47.9 Å². The predicted octanol–water partition coefficient (Wildman–Crippen LogP) is 5.92. The van der Waals surface area contributed by atoms with Crippen LogP contribution in [0.25, 0.3) is 10.4 Å². The lowest BCUT2D eigenvalue weighted by atomic mass is 10.1. The Morgan fingerprint density at radius 3 is 1.98 bits per heavy atom. The van der Waals surface area contributed by atoms with Crippen LogP contribution in [0.3, 0.4) is 0 Å². The molecule has 0 aliphatic rings. The molecule has 4 N–H and O–H groups in total. The van der Waals surface area contributed by atoms with Crippen molar-refractivity contribution < 1.29 is 32.7 Å². The van der Waals surface area contributed by atoms with Crippen LogP contribution in [-0.2, 0) is 24.1 Å². The van der Waals surface area contributed by atoms with Crippen LogP contribution >= 0.6 is 22.7 Å². The summed E-state index contributed by atoms with van der Waals surface area (Å²) in [6.07, 6.45) is -4.46. The predicted molar refractivity (Wildman–Crippen MR) is 156 cm³/mol. The molecule has 4 rings (SSSR count). The van der Waals surface area contributed by atoms with Crippen LogP contribution in [-0.4, -0.2) is 28.5 Å². The summed E-state index contributed by atoms with van der Waals surface area (Å²) < 4.78 is 38.5. The number of amides is 3. The largest absolute Gasteiger partial charge is 0.506 e. The zero-order chi connectivity index (χ0) is 30.4. The number of hydrogen-bond acceptors (Lipinski definition) is 7. The Labute approximate surface area is 246 Å². The van der Waals surface area contributed by atoms with E-state index in [2.05, 4.69) is 21.2 Å². The number of hydrazone groups is 1. The summed E-state index contributed by atoms with van der Waals surface area (Å²) in [7, 11) is 0. The number of thiophene rings is 2. The van der Waals surface area contributed by atoms with Crippen molar-refractivity contribution in [2.75, 3.05) is 0 Å². The number of rotatable bonds is 9. The minimum Gasteiger partial charge on any atom is -0.506 e. The maximum absolute atomic E-state index is 12.8. The van der Waals surface area contributed by atoms with E-state index in [1.165, 1.54) is 31.2 Å². The van der Waals surface area contributed by atoms with Crippen molar-refractivity contribution in [1.82, 2.24) is 16.1 Å². The van der Waals surface area contributed by atoms with E-state index in [1.807, 2.05) is 24.3 Å². The Hall–Kier alpha value is -4.49. The molecule has 0 fully saturated rings. The van der Waals surface area contributed by atoms with E-state index in [-0.39, 0.29) is 34.7 Å². The smallest absolute Gasteiger partial charge is 0.416 e. The first-order valence-electron chi connectivity index (χ1n) is 12.5. The molecular weight excluding hydrogens is 589 g/mol. The fourth-order valence-electron chi connectivity index (χ4n) is 3.73. The van der Waals surface area contributed by atoms with Gasteiger partial charge in [-0.3, -0.25) is 14.4 Å². The molecule has 8 nitrogen and oxygen atoms in total. The first kappa shape index (κ1) is 30.5. The highest BCUT2D eigenvalue weighted by atomic mass is 32.1. The summed E-state index contributed by atoms with van der Waals surface area (Å²) in [6, 6.07) is 14.9. The number of carbonyl (C=O) groups excluding carboxylic acids is 3. The fourth-order valence-corrected chi connectivity index (χ4v) is 5.55. The van der Waals surface area contributed by atoms with Crippen molar-refractivity contribution in [3.05, 3.63) is 98.1 Å². The number of halogens is 3. The molecule has 0 unspecified atom stereocenters. The van der Waals surface area contributed by atoms with Gasteiger partial charge in [0, 0.05) is 25.4 Å². The monoisotopic (exact) mass is 614 g/mol. The highest BCUT2D eigenvalue weighted by Crippen LogP contribution is 2.40. The molecule has 0 aliphatic heterocycles. The molecule has 2 aromatic heterocycles. The second kappa shape index (κ2) is 13.0. The van der Waals surface area contributed by atoms with E-state index in [4.69, 9.17) is 0 Å². The molecule has 0 radical (unpaired) electrons. The Morgan fingerprint density at radius 2 is 1.40 bits per heavy atom. The van der Waals surface area contributed by atoms with Crippen LogP contribution in [0.15, 0.2) is 71.1 Å². The molecule has 42 heavy (non-hydrogen) atoms. The standard InChI is InChI=1S/C29H25F3N4O4S2/c1-16(22-15-41-26(25(22)38)20-7-9-21(10-8-20)29(30,31)32)35-36-28(40)24-12-11-23(42-24)27(39)34-14-19-5-3-18(4-6-19)13-33-17(2)37/h3-12,15,38H,13-14H2,1-2H3,(H,33,37)(H,34,39)(H,36,40)/b35-16+. The van der Waals surface area contributed by atoms with Crippen molar-refractivity contribution >= 4 is 46.1 Å². The molecule has 4 aromatic rings. The van der Waals surface area contributed by atoms with Crippen LogP contribution in [0.1, 0.15) is 55.4 Å². The van der Waals surface area contributed by atoms with Gasteiger partial charge in [-0.1, -0.05) is 36.4 Å². The van der Waals surface area contributed by atoms with Gasteiger partial charge in [0.05, 0.1) is 31.5 Å². The van der Waals surface area contributed by atoms with Crippen molar-refractivity contribution in [3.8, 4) is 16.2 Å². The number of carbonyl (C=O) groups is 3. The summed E-state index contributed by atoms with van der Waals surface area (Å²) in [4.78, 5) is 37.2. The minimum absolute atomic E-state index is 0.118. The van der Waals surface area contributed by atoms with Crippen molar-refractivity contribution in [1.29, 1.82) is 0 Å². The molecule has 3 amide bonds. The highest BCUT2D eigenvalue weighted by Gasteiger charge is 2.30. The van der Waals surface area contributed by atoms with E-state index >= 15 is 0 Å². The summed E-state index contributed by atoms with van der Waals surface area (Å²) in [5, 5.41) is 21.8. The van der Waals surface area contributed by atoms with Crippen LogP contribution < -0.4 is 16.1 Å². The van der Waals surface area contributed by atoms with Crippen LogP contribution in [0.5, 0.6) is 5.75 Å². The molecule has 218 valence electrons. The van der Waals surface area contributed by atoms with E-state index in [0.717, 1.165) is 45.9 Å². The second-order valence-electron chi connectivity index (χ2n) is 9.11. The molecule has 2 heterocycles. The van der Waals surface area contributed by atoms with Crippen molar-refractivity contribution in [3.63, 3.8) is 0 Å². The third-order valence-electron chi connectivity index (χ3n) is 6.03. The van der Waals surface area contributed by atoms with Crippen LogP contribution in [0, 0.1) is 0 Å². The zero-order valence-corrected chi connectivity index (χ0v) is 24.0. The number of alkyl halides is 3. The third-order valence-corrected chi connectivity index (χ3v) is 8.13. The van der Waals surface area contributed by atoms with Gasteiger partial charge in [-0.25, -0.2) is 5.43 Å². The molecule has 0 aliphatic carbocycles. The van der Waals surface area contributed by atoms with Gasteiger partial charge in [0.15, 0.2) is 0 Å². The van der Waals surface area contributed by atoms with E-state index in [1.54, 1.807) is 12.3 Å². The summed E-state index contributed by atoms with van der Waals surface area (Å²) >= 11 is 2.12. The molecule has 0 bridgehead atoms. The average Bonchev–Trinajstić information content (AvgIpc) is 3.61. The molecule has 0 atom stereocenters. The molecule has 0 saturated heterocycles. The van der Waals surface area contributed by atoms with Crippen LogP contribution in [0.2, 0.25) is 0 Å². The van der Waals surface area contributed by atoms with Gasteiger partial charge >= 0.3 is 6.18 Å². The topological polar surface area (TPSA) is 120 Å². The minimum atomic E-state index is -4.46. The van der Waals surface area contributed by atoms with Gasteiger partial charge < -0.3 is 15.7 Å². The third kappa shape index (κ3) is 7.62. The van der Waals surface area contributed by atoms with E-state index in [9.17, 15) is 32.7 Å². The molecule has 2 aromatic carbocycles. The Balaban J connectivity index is 1.33. The Bertz CT molecular complexity index is 1630. The van der Waals surface area contributed by atoms with Crippen LogP contribution in [0.4, 0.5) is 13.2 Å². The molecular formula is C29H25F3N4O4S2. The van der Waals surface area contributed by atoms with E-state index < -0.39 is 17.6 Å². The van der Waals surface area contributed by atoms with Crippen molar-refractivity contribution in [2.24, 2.45) is 5.10 Å². The molecule has 0 spiro atoms. The Kier molecular flexibility index (Phi) is 9.43. The Morgan fingerprint density at radius 1 is 0.833 bits per heavy atom. The maximum Gasteiger partial charge on any atom is 0.416 e. The SMILES string of the molecule is CC(=O)NCc1ccc(CNC(=O)c2ccc(C(=O)N/N=C(\C)c3csc(-c4ccc(C(F)(F)F)cc4)c3O)s2)cc1. The number of nitrogens with zero attached hydrogens (tertiary/aromatic N) is 1. The lowest BCUT2D eigenvalue weighted by Crippen LogP contribution is -2.22. The first-order chi connectivity index (χ1) is 19.9. The lowest BCUT2D eigenvalue weighted by molar-refractivity contribution is -0.137. The normalized spacial score (nSPS) is 11.7. The summed E-state index contributed by atoms with van der Waals surface area (Å²) in [6.45, 7) is 3.71.